The molecular weight excluding hydrogens is 575 g/mol. The van der Waals surface area contributed by atoms with Gasteiger partial charge in [0.05, 0.1) is 11.6 Å². The van der Waals surface area contributed by atoms with E-state index in [1.54, 1.807) is 49.4 Å². The molecule has 1 saturated heterocycles. The second kappa shape index (κ2) is 11.7. The Morgan fingerprint density at radius 1 is 1.00 bits per heavy atom. The molecule has 1 aliphatic rings. The fourth-order valence-electron chi connectivity index (χ4n) is 5.81. The van der Waals surface area contributed by atoms with E-state index < -0.39 is 40.8 Å². The molecule has 0 bridgehead atoms. The molecule has 4 rings (SSSR count). The molecule has 6 nitrogen and oxygen atoms in total. The molecule has 3 atom stereocenters. The average molecular weight is 616 g/mol. The zero-order chi connectivity index (χ0) is 32.0. The number of benzene rings is 1. The third kappa shape index (κ3) is 6.95. The van der Waals surface area contributed by atoms with Crippen molar-refractivity contribution >= 4 is 23.2 Å². The number of hydrogen-bond donors (Lipinski definition) is 0. The van der Waals surface area contributed by atoms with Gasteiger partial charge in [0, 0.05) is 34.9 Å². The van der Waals surface area contributed by atoms with Gasteiger partial charge in [0.2, 0.25) is 0 Å². The minimum absolute atomic E-state index is 0.0256. The van der Waals surface area contributed by atoms with Crippen molar-refractivity contribution in [2.45, 2.75) is 103 Å². The molecule has 0 N–H and O–H groups in total. The fourth-order valence-corrected chi connectivity index (χ4v) is 6.60. The highest BCUT2D eigenvalue weighted by Crippen LogP contribution is 2.55. The molecular formula is C33H40F3N3O3S. The van der Waals surface area contributed by atoms with Gasteiger partial charge in [-0.3, -0.25) is 9.78 Å². The maximum absolute atomic E-state index is 14.7. The van der Waals surface area contributed by atoms with Crippen LogP contribution in [0.5, 0.6) is 0 Å². The highest BCUT2D eigenvalue weighted by Gasteiger charge is 2.61. The van der Waals surface area contributed by atoms with Gasteiger partial charge in [0.15, 0.2) is 0 Å². The van der Waals surface area contributed by atoms with Gasteiger partial charge in [-0.2, -0.15) is 13.2 Å². The van der Waals surface area contributed by atoms with Gasteiger partial charge in [-0.25, -0.2) is 9.78 Å². The summed E-state index contributed by atoms with van der Waals surface area (Å²) in [4.78, 5) is 39.4. The van der Waals surface area contributed by atoms with E-state index in [2.05, 4.69) is 30.7 Å². The van der Waals surface area contributed by atoms with E-state index in [1.165, 1.54) is 17.4 Å². The third-order valence-corrected chi connectivity index (χ3v) is 8.46. The Kier molecular flexibility index (Phi) is 8.86. The third-order valence-electron chi connectivity index (χ3n) is 7.62. The molecule has 10 heteroatoms. The normalized spacial score (nSPS) is 21.3. The Balaban J connectivity index is 1.94. The average Bonchev–Trinajstić information content (AvgIpc) is 3.53. The van der Waals surface area contributed by atoms with Crippen LogP contribution < -0.4 is 0 Å². The van der Waals surface area contributed by atoms with Crippen LogP contribution >= 0.6 is 11.3 Å². The molecule has 1 aliphatic heterocycles. The van der Waals surface area contributed by atoms with Crippen LogP contribution in [-0.2, 0) is 21.1 Å². The zero-order valence-corrected chi connectivity index (χ0v) is 26.8. The highest BCUT2D eigenvalue weighted by atomic mass is 32.1. The molecule has 43 heavy (non-hydrogen) atoms. The maximum Gasteiger partial charge on any atom is 0.417 e. The van der Waals surface area contributed by atoms with Crippen molar-refractivity contribution in [1.82, 2.24) is 14.9 Å². The monoisotopic (exact) mass is 615 g/mol. The summed E-state index contributed by atoms with van der Waals surface area (Å²) in [7, 11) is 0. The lowest BCUT2D eigenvalue weighted by atomic mass is 9.82. The molecule has 0 radical (unpaired) electrons. The number of amides is 1. The molecule has 2 aromatic heterocycles. The lowest BCUT2D eigenvalue weighted by molar-refractivity contribution is -0.168. The number of carbonyl (C=O) groups is 2. The number of hydrogen-bond acceptors (Lipinski definition) is 6. The summed E-state index contributed by atoms with van der Waals surface area (Å²) in [6, 6.07) is 8.93. The first-order valence-corrected chi connectivity index (χ1v) is 15.3. The van der Waals surface area contributed by atoms with Crippen molar-refractivity contribution in [3.05, 3.63) is 81.6 Å². The van der Waals surface area contributed by atoms with Gasteiger partial charge < -0.3 is 9.64 Å². The largest absolute Gasteiger partial charge is 0.458 e. The van der Waals surface area contributed by atoms with Crippen LogP contribution in [-0.4, -0.2) is 37.9 Å². The summed E-state index contributed by atoms with van der Waals surface area (Å²) in [6.07, 6.45) is -1.72. The number of esters is 1. The fraction of sp³-hybridized carbons (Fsp3) is 0.515. The Hall–Kier alpha value is -3.27. The van der Waals surface area contributed by atoms with E-state index in [4.69, 9.17) is 4.74 Å². The van der Waals surface area contributed by atoms with Gasteiger partial charge in [0.1, 0.15) is 16.1 Å². The minimum Gasteiger partial charge on any atom is -0.458 e. The summed E-state index contributed by atoms with van der Waals surface area (Å²) in [5, 5.41) is 2.35. The topological polar surface area (TPSA) is 72.4 Å². The van der Waals surface area contributed by atoms with Crippen molar-refractivity contribution < 1.29 is 27.5 Å². The minimum atomic E-state index is -4.55. The number of pyridine rings is 1. The SMILES string of the molecule is CC(C)C[C@@]1(C(=O)OC(C)(C)C)C[C@@H](c2ccc(C(F)(F)F)cn2)[C@H](c2nccs2)N1C(=O)c1ccc(C(C)(C)C)cc1. The first-order valence-electron chi connectivity index (χ1n) is 14.4. The first kappa shape index (κ1) is 32.6. The van der Waals surface area contributed by atoms with Crippen molar-refractivity contribution in [3.63, 3.8) is 0 Å². The number of halogens is 3. The molecule has 232 valence electrons. The van der Waals surface area contributed by atoms with Crippen LogP contribution in [0.2, 0.25) is 0 Å². The van der Waals surface area contributed by atoms with E-state index in [-0.39, 0.29) is 30.1 Å². The summed E-state index contributed by atoms with van der Waals surface area (Å²) in [5.74, 6) is -1.56. The van der Waals surface area contributed by atoms with Crippen molar-refractivity contribution in [1.29, 1.82) is 0 Å². The predicted octanol–water partition coefficient (Wildman–Crippen LogP) is 8.35. The number of ether oxygens (including phenoxy) is 1. The number of aromatic nitrogens is 2. The summed E-state index contributed by atoms with van der Waals surface area (Å²) >= 11 is 1.33. The molecule has 0 unspecified atom stereocenters. The number of carbonyl (C=O) groups excluding carboxylic acids is 2. The summed E-state index contributed by atoms with van der Waals surface area (Å²) in [6.45, 7) is 15.5. The molecule has 3 aromatic rings. The smallest absolute Gasteiger partial charge is 0.417 e. The molecule has 1 fully saturated rings. The van der Waals surface area contributed by atoms with E-state index in [1.807, 2.05) is 26.0 Å². The molecule has 0 saturated carbocycles. The molecule has 3 heterocycles. The predicted molar refractivity (Wildman–Crippen MR) is 161 cm³/mol. The zero-order valence-electron chi connectivity index (χ0n) is 26.0. The maximum atomic E-state index is 14.7. The van der Waals surface area contributed by atoms with Crippen LogP contribution in [0.1, 0.15) is 112 Å². The van der Waals surface area contributed by atoms with Gasteiger partial charge in [-0.1, -0.05) is 46.8 Å². The van der Waals surface area contributed by atoms with Gasteiger partial charge in [-0.15, -0.1) is 11.3 Å². The van der Waals surface area contributed by atoms with E-state index >= 15 is 0 Å². The van der Waals surface area contributed by atoms with Gasteiger partial charge in [-0.05, 0) is 74.8 Å². The summed E-state index contributed by atoms with van der Waals surface area (Å²) < 4.78 is 46.3. The quantitative estimate of drug-likeness (QED) is 0.261. The second-order valence-electron chi connectivity index (χ2n) is 13.7. The Bertz CT molecular complexity index is 1420. The lowest BCUT2D eigenvalue weighted by Gasteiger charge is -2.41. The number of likely N-dealkylation sites (tertiary alicyclic amines) is 1. The van der Waals surface area contributed by atoms with Gasteiger partial charge in [0.25, 0.3) is 5.91 Å². The number of thiazole rings is 1. The number of alkyl halides is 3. The standard InChI is InChI=1S/C33H40F3N3O3S/c1-20(2)17-32(29(41)42-31(6,7)8)18-24(25-14-13-23(19-38-25)33(34,35)36)26(27-37-15-16-43-27)39(32)28(40)21-9-11-22(12-10-21)30(3,4)5/h9-16,19-20,24,26H,17-18H2,1-8H3/t24-,26+,32-/m0/s1. The number of nitrogens with zero attached hydrogens (tertiary/aromatic N) is 3. The van der Waals surface area contributed by atoms with Crippen molar-refractivity contribution in [2.24, 2.45) is 5.92 Å². The van der Waals surface area contributed by atoms with Crippen LogP contribution in [0.15, 0.2) is 54.2 Å². The van der Waals surface area contributed by atoms with Crippen LogP contribution in [0.3, 0.4) is 0 Å². The van der Waals surface area contributed by atoms with Crippen molar-refractivity contribution in [3.8, 4) is 0 Å². The Morgan fingerprint density at radius 2 is 1.63 bits per heavy atom. The van der Waals surface area contributed by atoms with E-state index in [0.717, 1.165) is 17.8 Å². The van der Waals surface area contributed by atoms with E-state index in [9.17, 15) is 22.8 Å². The molecule has 1 aromatic carbocycles. The van der Waals surface area contributed by atoms with Crippen LogP contribution in [0.25, 0.3) is 0 Å². The Labute approximate surface area is 255 Å². The molecule has 0 aliphatic carbocycles. The molecule has 1 amide bonds. The number of rotatable bonds is 6. The summed E-state index contributed by atoms with van der Waals surface area (Å²) in [5.41, 5.74) is -1.47. The second-order valence-corrected chi connectivity index (χ2v) is 14.7. The van der Waals surface area contributed by atoms with Gasteiger partial charge >= 0.3 is 12.1 Å². The van der Waals surface area contributed by atoms with E-state index in [0.29, 0.717) is 16.3 Å². The Morgan fingerprint density at radius 3 is 2.09 bits per heavy atom. The van der Waals surface area contributed by atoms with Crippen LogP contribution in [0.4, 0.5) is 13.2 Å². The lowest BCUT2D eigenvalue weighted by Crippen LogP contribution is -2.56. The van der Waals surface area contributed by atoms with Crippen LogP contribution in [0, 0.1) is 5.92 Å². The first-order chi connectivity index (χ1) is 19.8. The highest BCUT2D eigenvalue weighted by molar-refractivity contribution is 7.09. The van der Waals surface area contributed by atoms with Crippen molar-refractivity contribution in [2.75, 3.05) is 0 Å². The molecule has 0 spiro atoms.